The van der Waals surface area contributed by atoms with Crippen LogP contribution in [0, 0.1) is 17.2 Å². The van der Waals surface area contributed by atoms with Crippen LogP contribution in [0.25, 0.3) is 0 Å². The molecule has 0 aliphatic heterocycles. The van der Waals surface area contributed by atoms with Crippen LogP contribution in [-0.2, 0) is 0 Å². The molecule has 2 aliphatic carbocycles. The molecule has 0 unspecified atom stereocenters. The van der Waals surface area contributed by atoms with Crippen LogP contribution in [0.15, 0.2) is 0 Å². The molecule has 1 N–H and O–H groups in total. The van der Waals surface area contributed by atoms with E-state index < -0.39 is 0 Å². The average Bonchev–Trinajstić information content (AvgIpc) is 2.63. The maximum atomic E-state index is 7.52. The topological polar surface area (TPSA) is 23.9 Å². The monoisotopic (exact) mass is 109 g/mol. The Morgan fingerprint density at radius 2 is 1.38 bits per heavy atom. The molecule has 2 fully saturated rings. The van der Waals surface area contributed by atoms with E-state index in [0.717, 1.165) is 17.5 Å². The summed E-state index contributed by atoms with van der Waals surface area (Å²) in [4.78, 5) is 0. The van der Waals surface area contributed by atoms with Gasteiger partial charge in [-0.05, 0) is 37.5 Å². The van der Waals surface area contributed by atoms with Crippen molar-refractivity contribution in [3.8, 4) is 0 Å². The van der Waals surface area contributed by atoms with Gasteiger partial charge in [0.05, 0.1) is 0 Å². The summed E-state index contributed by atoms with van der Waals surface area (Å²) in [7, 11) is 0. The molecule has 0 radical (unpaired) electrons. The molecule has 0 aromatic rings. The molecular weight excluding hydrogens is 98.1 g/mol. The van der Waals surface area contributed by atoms with Gasteiger partial charge in [-0.3, -0.25) is 0 Å². The molecular formula is C7H11N. The molecule has 2 aliphatic rings. The molecule has 0 spiro atoms. The lowest BCUT2D eigenvalue weighted by molar-refractivity contribution is 1.02. The molecule has 2 saturated carbocycles. The van der Waals surface area contributed by atoms with Crippen LogP contribution in [0.3, 0.4) is 0 Å². The van der Waals surface area contributed by atoms with E-state index in [9.17, 15) is 0 Å². The first-order valence-corrected chi connectivity index (χ1v) is 3.46. The third kappa shape index (κ3) is 0.662. The maximum Gasteiger partial charge on any atom is 0.0151 e. The van der Waals surface area contributed by atoms with Crippen LogP contribution in [-0.4, -0.2) is 5.71 Å². The lowest BCUT2D eigenvalue weighted by atomic mass is 10.2. The van der Waals surface area contributed by atoms with Crippen molar-refractivity contribution in [2.45, 2.75) is 25.7 Å². The summed E-state index contributed by atoms with van der Waals surface area (Å²) in [5, 5.41) is 7.52. The maximum absolute atomic E-state index is 7.52. The molecule has 1 nitrogen and oxygen atoms in total. The second-order valence-corrected chi connectivity index (χ2v) is 3.00. The standard InChI is InChI=1S/C7H11N/c8-7(5-1-2-5)6-3-4-6/h5-6,8H,1-4H2. The Hall–Kier alpha value is -0.330. The fraction of sp³-hybridized carbons (Fsp3) is 0.857. The van der Waals surface area contributed by atoms with E-state index in [-0.39, 0.29) is 0 Å². The van der Waals surface area contributed by atoms with Gasteiger partial charge in [-0.15, -0.1) is 0 Å². The minimum Gasteiger partial charge on any atom is -0.309 e. The first-order chi connectivity index (χ1) is 3.88. The van der Waals surface area contributed by atoms with Gasteiger partial charge in [-0.2, -0.15) is 0 Å². The highest BCUT2D eigenvalue weighted by Gasteiger charge is 2.36. The zero-order chi connectivity index (χ0) is 5.56. The minimum atomic E-state index is 0.738. The third-order valence-electron chi connectivity index (χ3n) is 2.03. The summed E-state index contributed by atoms with van der Waals surface area (Å²) in [6.45, 7) is 0. The average molecular weight is 109 g/mol. The van der Waals surface area contributed by atoms with E-state index in [2.05, 4.69) is 0 Å². The van der Waals surface area contributed by atoms with Crippen molar-refractivity contribution in [3.05, 3.63) is 0 Å². The van der Waals surface area contributed by atoms with Gasteiger partial charge in [0.25, 0.3) is 0 Å². The van der Waals surface area contributed by atoms with Gasteiger partial charge < -0.3 is 5.41 Å². The van der Waals surface area contributed by atoms with Crippen molar-refractivity contribution in [1.29, 1.82) is 5.41 Å². The normalized spacial score (nSPS) is 28.0. The Balaban J connectivity index is 1.93. The van der Waals surface area contributed by atoms with Crippen LogP contribution in [0.1, 0.15) is 25.7 Å². The van der Waals surface area contributed by atoms with Gasteiger partial charge >= 0.3 is 0 Å². The fourth-order valence-corrected chi connectivity index (χ4v) is 1.12. The summed E-state index contributed by atoms with van der Waals surface area (Å²) in [6, 6.07) is 0. The molecule has 0 atom stereocenters. The fourth-order valence-electron chi connectivity index (χ4n) is 1.12. The lowest BCUT2D eigenvalue weighted by Gasteiger charge is -1.92. The van der Waals surface area contributed by atoms with E-state index >= 15 is 0 Å². The van der Waals surface area contributed by atoms with Crippen LogP contribution < -0.4 is 0 Å². The molecule has 8 heavy (non-hydrogen) atoms. The molecule has 0 heterocycles. The first kappa shape index (κ1) is 4.54. The zero-order valence-corrected chi connectivity index (χ0v) is 4.98. The Morgan fingerprint density at radius 1 is 1.00 bits per heavy atom. The van der Waals surface area contributed by atoms with Crippen molar-refractivity contribution >= 4 is 5.71 Å². The Kier molecular flexibility index (Phi) is 0.758. The van der Waals surface area contributed by atoms with Gasteiger partial charge in [0, 0.05) is 5.71 Å². The summed E-state index contributed by atoms with van der Waals surface area (Å²) < 4.78 is 0. The largest absolute Gasteiger partial charge is 0.309 e. The number of hydrogen-bond acceptors (Lipinski definition) is 1. The highest BCUT2D eigenvalue weighted by atomic mass is 14.6. The van der Waals surface area contributed by atoms with E-state index in [4.69, 9.17) is 5.41 Å². The van der Waals surface area contributed by atoms with Crippen molar-refractivity contribution in [2.24, 2.45) is 11.8 Å². The SMILES string of the molecule is N=C(C1CC1)C1CC1. The van der Waals surface area contributed by atoms with Gasteiger partial charge in [-0.25, -0.2) is 0 Å². The lowest BCUT2D eigenvalue weighted by Crippen LogP contribution is -1.99. The van der Waals surface area contributed by atoms with E-state index in [0.29, 0.717) is 0 Å². The number of rotatable bonds is 2. The first-order valence-electron chi connectivity index (χ1n) is 3.46. The summed E-state index contributed by atoms with van der Waals surface area (Å²) in [6.07, 6.45) is 5.26. The summed E-state index contributed by atoms with van der Waals surface area (Å²) >= 11 is 0. The Labute approximate surface area is 49.6 Å². The Morgan fingerprint density at radius 3 is 1.62 bits per heavy atom. The van der Waals surface area contributed by atoms with Crippen LogP contribution in [0.4, 0.5) is 0 Å². The summed E-state index contributed by atoms with van der Waals surface area (Å²) in [5.41, 5.74) is 1.07. The van der Waals surface area contributed by atoms with Crippen molar-refractivity contribution < 1.29 is 0 Å². The summed E-state index contributed by atoms with van der Waals surface area (Å²) in [5.74, 6) is 1.48. The third-order valence-corrected chi connectivity index (χ3v) is 2.03. The van der Waals surface area contributed by atoms with Crippen molar-refractivity contribution in [3.63, 3.8) is 0 Å². The molecule has 0 aromatic carbocycles. The van der Waals surface area contributed by atoms with E-state index in [1.807, 2.05) is 0 Å². The van der Waals surface area contributed by atoms with E-state index in [1.54, 1.807) is 0 Å². The quantitative estimate of drug-likeness (QED) is 0.523. The van der Waals surface area contributed by atoms with Gasteiger partial charge in [0.1, 0.15) is 0 Å². The van der Waals surface area contributed by atoms with E-state index in [1.165, 1.54) is 25.7 Å². The predicted octanol–water partition coefficient (Wildman–Crippen LogP) is 1.83. The van der Waals surface area contributed by atoms with Gasteiger partial charge in [0.2, 0.25) is 0 Å². The van der Waals surface area contributed by atoms with Crippen LogP contribution in [0.5, 0.6) is 0 Å². The highest BCUT2D eigenvalue weighted by molar-refractivity contribution is 5.89. The zero-order valence-electron chi connectivity index (χ0n) is 4.98. The molecule has 44 valence electrons. The Bertz CT molecular complexity index is 106. The molecule has 0 saturated heterocycles. The predicted molar refractivity (Wildman–Crippen MR) is 33.2 cm³/mol. The minimum absolute atomic E-state index is 0.738. The van der Waals surface area contributed by atoms with Crippen molar-refractivity contribution in [1.82, 2.24) is 0 Å². The van der Waals surface area contributed by atoms with Crippen molar-refractivity contribution in [2.75, 3.05) is 0 Å². The van der Waals surface area contributed by atoms with Crippen LogP contribution >= 0.6 is 0 Å². The van der Waals surface area contributed by atoms with Crippen LogP contribution in [0.2, 0.25) is 0 Å². The number of nitrogens with one attached hydrogen (secondary N) is 1. The highest BCUT2D eigenvalue weighted by Crippen LogP contribution is 2.41. The molecule has 1 heteroatoms. The van der Waals surface area contributed by atoms with Gasteiger partial charge in [-0.1, -0.05) is 0 Å². The second-order valence-electron chi connectivity index (χ2n) is 3.00. The smallest absolute Gasteiger partial charge is 0.0151 e. The van der Waals surface area contributed by atoms with Gasteiger partial charge in [0.15, 0.2) is 0 Å². The molecule has 0 aromatic heterocycles. The molecule has 0 amide bonds. The number of hydrogen-bond donors (Lipinski definition) is 1. The molecule has 2 rings (SSSR count). The second kappa shape index (κ2) is 1.34. The molecule has 0 bridgehead atoms.